The minimum Gasteiger partial charge on any atom is -0.345 e. The molecule has 3 nitrogen and oxygen atoms in total. The van der Waals surface area contributed by atoms with Gasteiger partial charge in [-0.1, -0.05) is 24.3 Å². The molecule has 1 aliphatic rings. The lowest BCUT2D eigenvalue weighted by Gasteiger charge is -2.23. The summed E-state index contributed by atoms with van der Waals surface area (Å²) >= 11 is 5.40. The van der Waals surface area contributed by atoms with E-state index in [1.54, 1.807) is 6.07 Å². The van der Waals surface area contributed by atoms with Crippen LogP contribution in [0.25, 0.3) is 0 Å². The van der Waals surface area contributed by atoms with Gasteiger partial charge in [0, 0.05) is 5.56 Å². The Balaban J connectivity index is 2.18. The number of alkyl halides is 1. The molecule has 0 heterocycles. The maximum absolute atomic E-state index is 12.0. The molecule has 1 amide bonds. The van der Waals surface area contributed by atoms with E-state index in [0.29, 0.717) is 12.0 Å². The molecule has 0 unspecified atom stereocenters. The molecular weight excluding hydrogens is 226 g/mol. The molecule has 0 saturated carbocycles. The minimum absolute atomic E-state index is 0.0136. The van der Waals surface area contributed by atoms with Crippen LogP contribution in [0.2, 0.25) is 0 Å². The number of amides is 1. The molecule has 0 spiro atoms. The van der Waals surface area contributed by atoms with Crippen molar-refractivity contribution in [3.63, 3.8) is 0 Å². The molecule has 1 aliphatic carbocycles. The van der Waals surface area contributed by atoms with Crippen molar-refractivity contribution in [2.75, 3.05) is 5.88 Å². The highest BCUT2D eigenvalue weighted by Crippen LogP contribution is 2.21. The summed E-state index contributed by atoms with van der Waals surface area (Å²) in [4.78, 5) is 23.2. The summed E-state index contributed by atoms with van der Waals surface area (Å²) in [5.41, 5.74) is 1.78. The second kappa shape index (κ2) is 4.66. The van der Waals surface area contributed by atoms with Crippen molar-refractivity contribution >= 4 is 23.3 Å². The number of carbonyl (C=O) groups is 2. The first-order chi connectivity index (χ1) is 7.72. The van der Waals surface area contributed by atoms with Gasteiger partial charge in [-0.3, -0.25) is 9.59 Å². The first-order valence-electron chi connectivity index (χ1n) is 5.20. The number of rotatable bonds is 2. The Morgan fingerprint density at radius 3 is 2.94 bits per heavy atom. The summed E-state index contributed by atoms with van der Waals surface area (Å²) in [5, 5.41) is 2.64. The van der Waals surface area contributed by atoms with E-state index in [2.05, 4.69) is 5.32 Å². The van der Waals surface area contributed by atoms with Crippen molar-refractivity contribution in [3.05, 3.63) is 35.4 Å². The second-order valence-electron chi connectivity index (χ2n) is 3.81. The van der Waals surface area contributed by atoms with Crippen molar-refractivity contribution in [2.45, 2.75) is 18.9 Å². The highest BCUT2D eigenvalue weighted by molar-refractivity contribution is 6.27. The van der Waals surface area contributed by atoms with Crippen LogP contribution in [0.1, 0.15) is 22.3 Å². The summed E-state index contributed by atoms with van der Waals surface area (Å²) < 4.78 is 0. The maximum atomic E-state index is 12.0. The molecule has 1 N–H and O–H groups in total. The van der Waals surface area contributed by atoms with Crippen LogP contribution in [0.5, 0.6) is 0 Å². The van der Waals surface area contributed by atoms with Gasteiger partial charge in [-0.15, -0.1) is 11.6 Å². The second-order valence-corrected chi connectivity index (χ2v) is 4.08. The normalized spacial score (nSPS) is 19.1. The summed E-state index contributed by atoms with van der Waals surface area (Å²) in [6.07, 6.45) is 1.47. The first-order valence-corrected chi connectivity index (χ1v) is 5.73. The van der Waals surface area contributed by atoms with Gasteiger partial charge in [0.1, 0.15) is 5.88 Å². The lowest BCUT2D eigenvalue weighted by atomic mass is 9.87. The number of benzene rings is 1. The van der Waals surface area contributed by atoms with Crippen LogP contribution in [0.4, 0.5) is 0 Å². The molecule has 0 fully saturated rings. The summed E-state index contributed by atoms with van der Waals surface area (Å²) in [6, 6.07) is 7.09. The minimum atomic E-state index is -0.416. The van der Waals surface area contributed by atoms with Gasteiger partial charge in [0.15, 0.2) is 5.78 Å². The zero-order valence-electron chi connectivity index (χ0n) is 8.70. The molecule has 2 rings (SSSR count). The molecule has 0 bridgehead atoms. The fourth-order valence-corrected chi connectivity index (χ4v) is 2.05. The first kappa shape index (κ1) is 11.1. The SMILES string of the molecule is O=C(CCl)N[C@H]1CCc2ccccc2C1=O. The van der Waals surface area contributed by atoms with E-state index in [9.17, 15) is 9.59 Å². The fourth-order valence-electron chi connectivity index (χ4n) is 1.97. The standard InChI is InChI=1S/C12H12ClNO2/c13-7-11(15)14-10-6-5-8-3-1-2-4-9(8)12(10)16/h1-4,10H,5-7H2,(H,14,15)/t10-/m0/s1. The Hall–Kier alpha value is -1.35. The predicted molar refractivity (Wildman–Crippen MR) is 61.7 cm³/mol. The van der Waals surface area contributed by atoms with E-state index in [0.717, 1.165) is 12.0 Å². The van der Waals surface area contributed by atoms with Crippen LogP contribution in [0.15, 0.2) is 24.3 Å². The smallest absolute Gasteiger partial charge is 0.235 e. The van der Waals surface area contributed by atoms with Gasteiger partial charge in [-0.05, 0) is 18.4 Å². The number of nitrogens with one attached hydrogen (secondary N) is 1. The number of ketones is 1. The quantitative estimate of drug-likeness (QED) is 0.794. The molecule has 1 aromatic rings. The van der Waals surface area contributed by atoms with Crippen molar-refractivity contribution < 1.29 is 9.59 Å². The van der Waals surface area contributed by atoms with Crippen LogP contribution in [0.3, 0.4) is 0 Å². The van der Waals surface area contributed by atoms with E-state index < -0.39 is 6.04 Å². The third-order valence-corrected chi connectivity index (χ3v) is 3.00. The van der Waals surface area contributed by atoms with Crippen LogP contribution >= 0.6 is 11.6 Å². The van der Waals surface area contributed by atoms with Gasteiger partial charge in [0.2, 0.25) is 5.91 Å². The molecule has 0 aliphatic heterocycles. The van der Waals surface area contributed by atoms with E-state index in [4.69, 9.17) is 11.6 Å². The van der Waals surface area contributed by atoms with Gasteiger partial charge in [-0.25, -0.2) is 0 Å². The van der Waals surface area contributed by atoms with Crippen LogP contribution in [-0.4, -0.2) is 23.6 Å². The topological polar surface area (TPSA) is 46.2 Å². The van der Waals surface area contributed by atoms with Gasteiger partial charge in [-0.2, -0.15) is 0 Å². The van der Waals surface area contributed by atoms with Gasteiger partial charge >= 0.3 is 0 Å². The zero-order valence-corrected chi connectivity index (χ0v) is 9.46. The average molecular weight is 238 g/mol. The molecule has 84 valence electrons. The third-order valence-electron chi connectivity index (χ3n) is 2.76. The Kier molecular flexibility index (Phi) is 3.25. The number of carbonyl (C=O) groups excluding carboxylic acids is 2. The van der Waals surface area contributed by atoms with Crippen molar-refractivity contribution in [1.82, 2.24) is 5.32 Å². The Morgan fingerprint density at radius 1 is 1.44 bits per heavy atom. The lowest BCUT2D eigenvalue weighted by molar-refractivity contribution is -0.119. The number of hydrogen-bond donors (Lipinski definition) is 1. The van der Waals surface area contributed by atoms with Gasteiger partial charge in [0.05, 0.1) is 6.04 Å². The molecule has 0 aromatic heterocycles. The summed E-state index contributed by atoms with van der Waals surface area (Å²) in [6.45, 7) is 0. The molecule has 0 radical (unpaired) electrons. The van der Waals surface area contributed by atoms with Crippen LogP contribution in [-0.2, 0) is 11.2 Å². The number of hydrogen-bond acceptors (Lipinski definition) is 2. The van der Waals surface area contributed by atoms with Gasteiger partial charge in [0.25, 0.3) is 0 Å². The lowest BCUT2D eigenvalue weighted by Crippen LogP contribution is -2.44. The molecule has 16 heavy (non-hydrogen) atoms. The number of aryl methyl sites for hydroxylation is 1. The zero-order chi connectivity index (χ0) is 11.5. The highest BCUT2D eigenvalue weighted by Gasteiger charge is 2.27. The predicted octanol–water partition coefficient (Wildman–Crippen LogP) is 1.54. The monoisotopic (exact) mass is 237 g/mol. The molecule has 1 atom stereocenters. The number of Topliss-reactive ketones (excluding diaryl/α,β-unsaturated/α-hetero) is 1. The Bertz CT molecular complexity index is 431. The number of fused-ring (bicyclic) bond motifs is 1. The summed E-state index contributed by atoms with van der Waals surface area (Å²) in [5.74, 6) is -0.412. The van der Waals surface area contributed by atoms with Crippen molar-refractivity contribution in [2.24, 2.45) is 0 Å². The van der Waals surface area contributed by atoms with E-state index >= 15 is 0 Å². The van der Waals surface area contributed by atoms with Crippen LogP contribution < -0.4 is 5.32 Å². The van der Waals surface area contributed by atoms with Crippen molar-refractivity contribution in [1.29, 1.82) is 0 Å². The third kappa shape index (κ3) is 2.09. The Labute approximate surface area is 98.8 Å². The summed E-state index contributed by atoms with van der Waals surface area (Å²) in [7, 11) is 0. The highest BCUT2D eigenvalue weighted by atomic mass is 35.5. The molecule has 1 aromatic carbocycles. The van der Waals surface area contributed by atoms with Crippen LogP contribution in [0, 0.1) is 0 Å². The average Bonchev–Trinajstić information content (AvgIpc) is 2.33. The van der Waals surface area contributed by atoms with E-state index in [1.165, 1.54) is 0 Å². The van der Waals surface area contributed by atoms with E-state index in [-0.39, 0.29) is 17.6 Å². The fraction of sp³-hybridized carbons (Fsp3) is 0.333. The van der Waals surface area contributed by atoms with E-state index in [1.807, 2.05) is 18.2 Å². The molecule has 0 saturated heterocycles. The molecular formula is C12H12ClNO2. The largest absolute Gasteiger partial charge is 0.345 e. The van der Waals surface area contributed by atoms with Gasteiger partial charge < -0.3 is 5.32 Å². The molecule has 4 heteroatoms. The van der Waals surface area contributed by atoms with Crippen molar-refractivity contribution in [3.8, 4) is 0 Å². The number of halogens is 1. The maximum Gasteiger partial charge on any atom is 0.235 e. The Morgan fingerprint density at radius 2 is 2.19 bits per heavy atom.